The summed E-state index contributed by atoms with van der Waals surface area (Å²) >= 11 is 0. The van der Waals surface area contributed by atoms with Crippen molar-refractivity contribution in [2.24, 2.45) is 17.8 Å². The second-order valence-corrected chi connectivity index (χ2v) is 8.10. The molecule has 0 N–H and O–H groups in total. The first-order valence-electron chi connectivity index (χ1n) is 9.08. The first-order valence-corrected chi connectivity index (χ1v) is 9.08. The van der Waals surface area contributed by atoms with Crippen LogP contribution in [-0.4, -0.2) is 47.4 Å². The molecule has 0 aromatic rings. The number of fused-ring (bicyclic) bond motifs is 2. The van der Waals surface area contributed by atoms with Crippen molar-refractivity contribution in [1.29, 1.82) is 0 Å². The third-order valence-corrected chi connectivity index (χ3v) is 6.32. The van der Waals surface area contributed by atoms with Gasteiger partial charge in [0.2, 0.25) is 5.91 Å². The van der Waals surface area contributed by atoms with E-state index in [1.54, 1.807) is 0 Å². The number of hydrogen-bond acceptors (Lipinski definition) is 2. The van der Waals surface area contributed by atoms with Crippen molar-refractivity contribution in [2.75, 3.05) is 19.6 Å². The molecule has 3 aliphatic rings. The number of carbonyl (C=O) groups is 1. The second-order valence-electron chi connectivity index (χ2n) is 8.10. The molecule has 120 valence electrons. The van der Waals surface area contributed by atoms with Gasteiger partial charge >= 0.3 is 0 Å². The highest BCUT2D eigenvalue weighted by atomic mass is 16.2. The quantitative estimate of drug-likeness (QED) is 0.798. The smallest absolute Gasteiger partial charge is 0.236 e. The van der Waals surface area contributed by atoms with Crippen LogP contribution in [0.1, 0.15) is 59.3 Å². The number of rotatable bonds is 3. The summed E-state index contributed by atoms with van der Waals surface area (Å²) in [4.78, 5) is 17.3. The van der Waals surface area contributed by atoms with Gasteiger partial charge in [-0.1, -0.05) is 20.8 Å². The number of likely N-dealkylation sites (tertiary alicyclic amines) is 1. The Hall–Kier alpha value is -0.570. The van der Waals surface area contributed by atoms with Crippen LogP contribution in [0, 0.1) is 17.8 Å². The Morgan fingerprint density at radius 1 is 1.05 bits per heavy atom. The minimum Gasteiger partial charge on any atom is -0.342 e. The van der Waals surface area contributed by atoms with E-state index in [0.29, 0.717) is 24.5 Å². The van der Waals surface area contributed by atoms with E-state index in [1.807, 2.05) is 0 Å². The van der Waals surface area contributed by atoms with Crippen LogP contribution >= 0.6 is 0 Å². The normalized spacial score (nSPS) is 34.7. The van der Waals surface area contributed by atoms with Crippen LogP contribution in [0.4, 0.5) is 0 Å². The maximum absolute atomic E-state index is 12.6. The minimum absolute atomic E-state index is 0.391. The van der Waals surface area contributed by atoms with Crippen LogP contribution in [0.5, 0.6) is 0 Å². The Balaban J connectivity index is 1.55. The highest BCUT2D eigenvalue weighted by molar-refractivity contribution is 5.78. The molecule has 3 rings (SSSR count). The fraction of sp³-hybridized carbons (Fsp3) is 0.944. The van der Waals surface area contributed by atoms with E-state index >= 15 is 0 Å². The third-order valence-electron chi connectivity index (χ3n) is 6.32. The number of carbonyl (C=O) groups excluding carboxylic acids is 1. The van der Waals surface area contributed by atoms with Gasteiger partial charge in [0.1, 0.15) is 0 Å². The highest BCUT2D eigenvalue weighted by Gasteiger charge is 2.42. The van der Waals surface area contributed by atoms with Gasteiger partial charge in [0.15, 0.2) is 0 Å². The summed E-state index contributed by atoms with van der Waals surface area (Å²) < 4.78 is 0. The summed E-state index contributed by atoms with van der Waals surface area (Å²) in [7, 11) is 0. The van der Waals surface area contributed by atoms with Crippen molar-refractivity contribution in [1.82, 2.24) is 9.80 Å². The second kappa shape index (κ2) is 6.28. The molecule has 0 saturated carbocycles. The Morgan fingerprint density at radius 3 is 2.14 bits per heavy atom. The summed E-state index contributed by atoms with van der Waals surface area (Å²) in [6, 6.07) is 1.37. The first-order chi connectivity index (χ1) is 10.0. The van der Waals surface area contributed by atoms with E-state index in [-0.39, 0.29) is 0 Å². The molecule has 2 atom stereocenters. The largest absolute Gasteiger partial charge is 0.342 e. The van der Waals surface area contributed by atoms with Crippen LogP contribution in [-0.2, 0) is 4.79 Å². The van der Waals surface area contributed by atoms with Gasteiger partial charge in [0, 0.05) is 25.2 Å². The maximum atomic E-state index is 12.6. The SMILES string of the molecule is CC1CCN(C(=O)CN2C3CCC2CC(C(C)C)C3)CC1. The van der Waals surface area contributed by atoms with E-state index in [1.165, 1.54) is 38.5 Å². The Morgan fingerprint density at radius 2 is 1.62 bits per heavy atom. The molecule has 1 amide bonds. The zero-order valence-electron chi connectivity index (χ0n) is 14.1. The summed E-state index contributed by atoms with van der Waals surface area (Å²) in [5.74, 6) is 2.87. The molecular formula is C18H32N2O. The van der Waals surface area contributed by atoms with Gasteiger partial charge in [-0.2, -0.15) is 0 Å². The van der Waals surface area contributed by atoms with Gasteiger partial charge in [-0.05, 0) is 56.3 Å². The maximum Gasteiger partial charge on any atom is 0.236 e. The van der Waals surface area contributed by atoms with Gasteiger partial charge in [-0.25, -0.2) is 0 Å². The highest BCUT2D eigenvalue weighted by Crippen LogP contribution is 2.41. The van der Waals surface area contributed by atoms with Gasteiger partial charge in [0.25, 0.3) is 0 Å². The summed E-state index contributed by atoms with van der Waals surface area (Å²) in [5, 5.41) is 0. The molecule has 0 radical (unpaired) electrons. The van der Waals surface area contributed by atoms with Gasteiger partial charge in [-0.3, -0.25) is 9.69 Å². The molecule has 0 spiro atoms. The fourth-order valence-corrected chi connectivity index (χ4v) is 4.63. The van der Waals surface area contributed by atoms with Crippen LogP contribution in [0.15, 0.2) is 0 Å². The monoisotopic (exact) mass is 292 g/mol. The molecule has 3 nitrogen and oxygen atoms in total. The van der Waals surface area contributed by atoms with E-state index in [0.717, 1.165) is 30.8 Å². The lowest BCUT2D eigenvalue weighted by Crippen LogP contribution is -2.50. The van der Waals surface area contributed by atoms with Crippen molar-refractivity contribution < 1.29 is 4.79 Å². The number of hydrogen-bond donors (Lipinski definition) is 0. The van der Waals surface area contributed by atoms with Crippen molar-refractivity contribution in [3.63, 3.8) is 0 Å². The summed E-state index contributed by atoms with van der Waals surface area (Å²) in [6.45, 7) is 9.68. The van der Waals surface area contributed by atoms with Gasteiger partial charge in [-0.15, -0.1) is 0 Å². The summed E-state index contributed by atoms with van der Waals surface area (Å²) in [6.07, 6.45) is 7.65. The number of nitrogens with zero attached hydrogens (tertiary/aromatic N) is 2. The predicted molar refractivity (Wildman–Crippen MR) is 86.1 cm³/mol. The lowest BCUT2D eigenvalue weighted by Gasteiger charge is -2.41. The van der Waals surface area contributed by atoms with Crippen molar-refractivity contribution in [3.8, 4) is 0 Å². The van der Waals surface area contributed by atoms with Crippen LogP contribution in [0.25, 0.3) is 0 Å². The van der Waals surface area contributed by atoms with E-state index in [4.69, 9.17) is 0 Å². The zero-order chi connectivity index (χ0) is 15.0. The lowest BCUT2D eigenvalue weighted by molar-refractivity contribution is -0.135. The van der Waals surface area contributed by atoms with Crippen LogP contribution in [0.2, 0.25) is 0 Å². The molecule has 2 unspecified atom stereocenters. The predicted octanol–water partition coefficient (Wildman–Crippen LogP) is 3.14. The average molecular weight is 292 g/mol. The molecule has 3 heterocycles. The van der Waals surface area contributed by atoms with Crippen LogP contribution in [0.3, 0.4) is 0 Å². The van der Waals surface area contributed by atoms with E-state index in [9.17, 15) is 4.79 Å². The lowest BCUT2D eigenvalue weighted by atomic mass is 9.82. The Bertz CT molecular complexity index is 359. The van der Waals surface area contributed by atoms with E-state index < -0.39 is 0 Å². The molecule has 3 saturated heterocycles. The standard InChI is InChI=1S/C18H32N2O/c1-13(2)15-10-16-4-5-17(11-15)20(16)12-18(21)19-8-6-14(3)7-9-19/h13-17H,4-12H2,1-3H3. The summed E-state index contributed by atoms with van der Waals surface area (Å²) in [5.41, 5.74) is 0. The molecule has 0 aliphatic carbocycles. The Kier molecular flexibility index (Phi) is 4.58. The minimum atomic E-state index is 0.391. The molecule has 21 heavy (non-hydrogen) atoms. The van der Waals surface area contributed by atoms with Crippen molar-refractivity contribution in [2.45, 2.75) is 71.4 Å². The van der Waals surface area contributed by atoms with Gasteiger partial charge < -0.3 is 4.90 Å². The van der Waals surface area contributed by atoms with E-state index in [2.05, 4.69) is 30.6 Å². The third kappa shape index (κ3) is 3.28. The van der Waals surface area contributed by atoms with Crippen molar-refractivity contribution in [3.05, 3.63) is 0 Å². The first kappa shape index (κ1) is 15.3. The molecule has 3 fully saturated rings. The number of piperidine rings is 2. The molecule has 2 bridgehead atoms. The molecular weight excluding hydrogens is 260 g/mol. The number of amides is 1. The van der Waals surface area contributed by atoms with Gasteiger partial charge in [0.05, 0.1) is 6.54 Å². The van der Waals surface area contributed by atoms with Crippen molar-refractivity contribution >= 4 is 5.91 Å². The van der Waals surface area contributed by atoms with Crippen LogP contribution < -0.4 is 0 Å². The molecule has 0 aromatic heterocycles. The molecule has 3 aliphatic heterocycles. The molecule has 0 aromatic carbocycles. The molecule has 3 heteroatoms. The fourth-order valence-electron chi connectivity index (χ4n) is 4.63. The zero-order valence-corrected chi connectivity index (χ0v) is 14.1. The topological polar surface area (TPSA) is 23.6 Å². The Labute approximate surface area is 130 Å². The average Bonchev–Trinajstić information content (AvgIpc) is 2.70.